The van der Waals surface area contributed by atoms with Crippen molar-refractivity contribution in [3.05, 3.63) is 54.6 Å². The number of benzene rings is 2. The van der Waals surface area contributed by atoms with E-state index in [4.69, 9.17) is 4.98 Å². The summed E-state index contributed by atoms with van der Waals surface area (Å²) in [5.74, 6) is 1.02. The van der Waals surface area contributed by atoms with Crippen LogP contribution in [0.1, 0.15) is 13.3 Å². The maximum Gasteiger partial charge on any atom is 0.216 e. The van der Waals surface area contributed by atoms with E-state index in [2.05, 4.69) is 52.7 Å². The van der Waals surface area contributed by atoms with Gasteiger partial charge in [0.25, 0.3) is 0 Å². The standard InChI is InChI=1S/C20H19N3OS/c1-14(24)21-11-6-12-23-17-9-4-5-10-18(17)25-19-13-15-7-2-3-8-16(15)22-20(19)23/h2-5,7-10,13H,6,11-12H2,1H3,(H,21,24). The average molecular weight is 349 g/mol. The minimum Gasteiger partial charge on any atom is -0.356 e. The lowest BCUT2D eigenvalue weighted by atomic mass is 10.2. The van der Waals surface area contributed by atoms with E-state index in [-0.39, 0.29) is 5.91 Å². The Morgan fingerprint density at radius 1 is 1.12 bits per heavy atom. The molecular formula is C20H19N3OS. The molecule has 1 aromatic heterocycles. The van der Waals surface area contributed by atoms with E-state index < -0.39 is 0 Å². The van der Waals surface area contributed by atoms with E-state index in [0.717, 1.165) is 29.7 Å². The molecule has 0 spiro atoms. The van der Waals surface area contributed by atoms with Crippen LogP contribution in [0.15, 0.2) is 64.4 Å². The molecule has 1 aliphatic rings. The molecule has 0 saturated heterocycles. The van der Waals surface area contributed by atoms with Gasteiger partial charge in [-0.25, -0.2) is 4.98 Å². The summed E-state index contributed by atoms with van der Waals surface area (Å²) in [6.45, 7) is 3.04. The lowest BCUT2D eigenvalue weighted by Gasteiger charge is -2.32. The van der Waals surface area contributed by atoms with Gasteiger partial charge in [0, 0.05) is 30.3 Å². The molecule has 5 heteroatoms. The molecule has 0 bridgehead atoms. The first-order chi connectivity index (χ1) is 12.2. The fourth-order valence-corrected chi connectivity index (χ4v) is 4.18. The maximum absolute atomic E-state index is 11.1. The van der Waals surface area contributed by atoms with Gasteiger partial charge in [-0.15, -0.1) is 0 Å². The molecule has 4 nitrogen and oxygen atoms in total. The van der Waals surface area contributed by atoms with Gasteiger partial charge in [0.2, 0.25) is 5.91 Å². The lowest BCUT2D eigenvalue weighted by molar-refractivity contribution is -0.118. The maximum atomic E-state index is 11.1. The molecule has 2 heterocycles. The Morgan fingerprint density at radius 3 is 2.80 bits per heavy atom. The van der Waals surface area contributed by atoms with Crippen molar-refractivity contribution in [2.45, 2.75) is 23.1 Å². The second-order valence-electron chi connectivity index (χ2n) is 6.06. The number of rotatable bonds is 4. The monoisotopic (exact) mass is 349 g/mol. The van der Waals surface area contributed by atoms with E-state index in [9.17, 15) is 4.79 Å². The molecular weight excluding hydrogens is 330 g/mol. The number of aromatic nitrogens is 1. The largest absolute Gasteiger partial charge is 0.356 e. The highest BCUT2D eigenvalue weighted by Gasteiger charge is 2.24. The fourth-order valence-electron chi connectivity index (χ4n) is 3.08. The number of anilines is 2. The Kier molecular flexibility index (Phi) is 4.32. The van der Waals surface area contributed by atoms with E-state index >= 15 is 0 Å². The highest BCUT2D eigenvalue weighted by Crippen LogP contribution is 2.47. The van der Waals surface area contributed by atoms with Gasteiger partial charge in [-0.1, -0.05) is 42.1 Å². The van der Waals surface area contributed by atoms with E-state index in [0.29, 0.717) is 6.54 Å². The summed E-state index contributed by atoms with van der Waals surface area (Å²) >= 11 is 1.77. The normalized spacial score (nSPS) is 12.6. The van der Waals surface area contributed by atoms with Crippen molar-refractivity contribution in [2.75, 3.05) is 18.0 Å². The van der Waals surface area contributed by atoms with Crippen molar-refractivity contribution in [3.63, 3.8) is 0 Å². The molecule has 4 rings (SSSR count). The molecule has 126 valence electrons. The van der Waals surface area contributed by atoms with Gasteiger partial charge in [-0.3, -0.25) is 4.79 Å². The molecule has 0 fully saturated rings. The van der Waals surface area contributed by atoms with Gasteiger partial charge in [-0.2, -0.15) is 0 Å². The third kappa shape index (κ3) is 3.20. The Morgan fingerprint density at radius 2 is 1.92 bits per heavy atom. The van der Waals surface area contributed by atoms with Crippen molar-refractivity contribution < 1.29 is 4.79 Å². The third-order valence-electron chi connectivity index (χ3n) is 4.23. The molecule has 1 N–H and O–H groups in total. The van der Waals surface area contributed by atoms with Gasteiger partial charge < -0.3 is 10.2 Å². The van der Waals surface area contributed by atoms with Crippen LogP contribution < -0.4 is 10.2 Å². The van der Waals surface area contributed by atoms with Gasteiger partial charge in [0.05, 0.1) is 16.1 Å². The number of fused-ring (bicyclic) bond motifs is 3. The van der Waals surface area contributed by atoms with Gasteiger partial charge in [0.1, 0.15) is 5.82 Å². The highest BCUT2D eigenvalue weighted by molar-refractivity contribution is 7.99. The first-order valence-corrected chi connectivity index (χ1v) is 9.23. The van der Waals surface area contributed by atoms with Crippen LogP contribution in [0.2, 0.25) is 0 Å². The Hall–Kier alpha value is -2.53. The molecule has 2 aromatic carbocycles. The summed E-state index contributed by atoms with van der Waals surface area (Å²) in [6, 6.07) is 18.9. The zero-order valence-corrected chi connectivity index (χ0v) is 14.8. The Bertz CT molecular complexity index is 941. The zero-order valence-electron chi connectivity index (χ0n) is 14.0. The molecule has 25 heavy (non-hydrogen) atoms. The molecule has 1 amide bonds. The predicted octanol–water partition coefficient (Wildman–Crippen LogP) is 4.36. The number of hydrogen-bond donors (Lipinski definition) is 1. The number of pyridine rings is 1. The van der Waals surface area contributed by atoms with E-state index in [1.165, 1.54) is 15.5 Å². The van der Waals surface area contributed by atoms with Crippen molar-refractivity contribution in [1.29, 1.82) is 0 Å². The van der Waals surface area contributed by atoms with Crippen LogP contribution in [0.5, 0.6) is 0 Å². The van der Waals surface area contributed by atoms with Crippen LogP contribution in [-0.4, -0.2) is 24.0 Å². The number of nitrogens with zero attached hydrogens (tertiary/aromatic N) is 2. The summed E-state index contributed by atoms with van der Waals surface area (Å²) in [4.78, 5) is 20.7. The smallest absolute Gasteiger partial charge is 0.216 e. The van der Waals surface area contributed by atoms with Gasteiger partial charge >= 0.3 is 0 Å². The lowest BCUT2D eigenvalue weighted by Crippen LogP contribution is -2.28. The van der Waals surface area contributed by atoms with Crippen molar-refractivity contribution >= 4 is 40.1 Å². The van der Waals surface area contributed by atoms with Gasteiger partial charge in [0.15, 0.2) is 0 Å². The quantitative estimate of drug-likeness (QED) is 0.711. The first kappa shape index (κ1) is 16.0. The molecule has 0 radical (unpaired) electrons. The molecule has 0 aliphatic carbocycles. The Labute approximate surface area is 151 Å². The predicted molar refractivity (Wildman–Crippen MR) is 103 cm³/mol. The van der Waals surface area contributed by atoms with Crippen LogP contribution in [0.4, 0.5) is 11.5 Å². The topological polar surface area (TPSA) is 45.2 Å². The van der Waals surface area contributed by atoms with Crippen LogP contribution in [-0.2, 0) is 4.79 Å². The Balaban J connectivity index is 1.71. The van der Waals surface area contributed by atoms with Crippen LogP contribution in [0.25, 0.3) is 10.9 Å². The number of para-hydroxylation sites is 2. The average Bonchev–Trinajstić information content (AvgIpc) is 2.62. The van der Waals surface area contributed by atoms with Crippen molar-refractivity contribution in [2.24, 2.45) is 0 Å². The molecule has 0 saturated carbocycles. The fraction of sp³-hybridized carbons (Fsp3) is 0.200. The number of amides is 1. The number of hydrogen-bond acceptors (Lipinski definition) is 4. The van der Waals surface area contributed by atoms with Crippen molar-refractivity contribution in [3.8, 4) is 0 Å². The second-order valence-corrected chi connectivity index (χ2v) is 7.14. The van der Waals surface area contributed by atoms with E-state index in [1.807, 2.05) is 12.1 Å². The highest BCUT2D eigenvalue weighted by atomic mass is 32.2. The molecule has 1 aliphatic heterocycles. The summed E-state index contributed by atoms with van der Waals surface area (Å²) < 4.78 is 0. The molecule has 0 atom stereocenters. The van der Waals surface area contributed by atoms with E-state index in [1.54, 1.807) is 18.7 Å². The van der Waals surface area contributed by atoms with Crippen LogP contribution >= 0.6 is 11.8 Å². The number of carbonyl (C=O) groups excluding carboxylic acids is 1. The minimum atomic E-state index is 0.0131. The number of nitrogens with one attached hydrogen (secondary N) is 1. The summed E-state index contributed by atoms with van der Waals surface area (Å²) in [5, 5.41) is 4.03. The summed E-state index contributed by atoms with van der Waals surface area (Å²) in [7, 11) is 0. The summed E-state index contributed by atoms with van der Waals surface area (Å²) in [5.41, 5.74) is 2.19. The minimum absolute atomic E-state index is 0.0131. The SMILES string of the molecule is CC(=O)NCCCN1c2ccccc2Sc2cc3ccccc3nc21. The first-order valence-electron chi connectivity index (χ1n) is 8.41. The zero-order chi connectivity index (χ0) is 17.2. The van der Waals surface area contributed by atoms with Crippen LogP contribution in [0.3, 0.4) is 0 Å². The summed E-state index contributed by atoms with van der Waals surface area (Å²) in [6.07, 6.45) is 0.868. The number of carbonyl (C=O) groups is 1. The van der Waals surface area contributed by atoms with Crippen LogP contribution in [0, 0.1) is 0 Å². The molecule has 0 unspecified atom stereocenters. The second kappa shape index (κ2) is 6.76. The van der Waals surface area contributed by atoms with Crippen molar-refractivity contribution in [1.82, 2.24) is 10.3 Å². The van der Waals surface area contributed by atoms with Gasteiger partial charge in [-0.05, 0) is 30.7 Å². The molecule has 3 aromatic rings. The third-order valence-corrected chi connectivity index (χ3v) is 5.32.